The number of aromatic nitrogens is 3. The number of nitrogens with one attached hydrogen (secondary N) is 1. The molecule has 6 nitrogen and oxygen atoms in total. The predicted molar refractivity (Wildman–Crippen MR) is 71.7 cm³/mol. The van der Waals surface area contributed by atoms with Gasteiger partial charge in [0.15, 0.2) is 0 Å². The van der Waals surface area contributed by atoms with Crippen molar-refractivity contribution in [3.05, 3.63) is 40.8 Å². The quantitative estimate of drug-likeness (QED) is 0.876. The van der Waals surface area contributed by atoms with E-state index in [1.807, 2.05) is 13.1 Å². The van der Waals surface area contributed by atoms with Crippen LogP contribution in [-0.2, 0) is 6.54 Å². The Morgan fingerprint density at radius 1 is 1.58 bits per heavy atom. The number of hydrogen-bond donors (Lipinski definition) is 2. The number of pyridine rings is 1. The maximum absolute atomic E-state index is 10.9. The molecule has 2 N–H and O–H groups in total. The van der Waals surface area contributed by atoms with E-state index in [1.54, 1.807) is 10.9 Å². The smallest absolute Gasteiger partial charge is 0.337 e. The van der Waals surface area contributed by atoms with E-state index in [0.29, 0.717) is 18.9 Å². The highest BCUT2D eigenvalue weighted by molar-refractivity contribution is 6.35. The summed E-state index contributed by atoms with van der Waals surface area (Å²) in [5, 5.41) is 16.2. The maximum Gasteiger partial charge on any atom is 0.337 e. The molecule has 0 radical (unpaired) electrons. The Kier molecular flexibility index (Phi) is 4.01. The molecule has 2 rings (SSSR count). The summed E-state index contributed by atoms with van der Waals surface area (Å²) in [6, 6.07) is 1.37. The summed E-state index contributed by atoms with van der Waals surface area (Å²) in [5.74, 6) is -0.705. The highest BCUT2D eigenvalue weighted by Crippen LogP contribution is 2.23. The van der Waals surface area contributed by atoms with E-state index in [2.05, 4.69) is 15.4 Å². The van der Waals surface area contributed by atoms with Crippen LogP contribution in [0.15, 0.2) is 24.7 Å². The van der Waals surface area contributed by atoms with Gasteiger partial charge in [-0.25, -0.2) is 9.78 Å². The first kappa shape index (κ1) is 13.4. The number of carboxylic acid groups (broad SMARTS) is 1. The molecule has 19 heavy (non-hydrogen) atoms. The van der Waals surface area contributed by atoms with Crippen LogP contribution in [0.4, 0.5) is 5.82 Å². The average molecular weight is 281 g/mol. The Balaban J connectivity index is 2.00. The number of halogens is 1. The number of rotatable bonds is 5. The average Bonchev–Trinajstić information content (AvgIpc) is 2.77. The van der Waals surface area contributed by atoms with Crippen LogP contribution in [0.2, 0.25) is 5.02 Å². The summed E-state index contributed by atoms with van der Waals surface area (Å²) in [6.45, 7) is 3.16. The summed E-state index contributed by atoms with van der Waals surface area (Å²) in [4.78, 5) is 14.9. The number of aromatic carboxylic acids is 1. The van der Waals surface area contributed by atoms with Crippen molar-refractivity contribution in [1.82, 2.24) is 14.8 Å². The van der Waals surface area contributed by atoms with Gasteiger partial charge >= 0.3 is 5.97 Å². The largest absolute Gasteiger partial charge is 0.478 e. The summed E-state index contributed by atoms with van der Waals surface area (Å²) in [6.07, 6.45) is 5.11. The van der Waals surface area contributed by atoms with Crippen LogP contribution in [0.1, 0.15) is 15.9 Å². The van der Waals surface area contributed by atoms with Gasteiger partial charge in [-0.05, 0) is 18.6 Å². The van der Waals surface area contributed by atoms with E-state index in [-0.39, 0.29) is 10.6 Å². The fourth-order valence-corrected chi connectivity index (χ4v) is 1.87. The second kappa shape index (κ2) is 5.71. The van der Waals surface area contributed by atoms with E-state index in [0.717, 1.165) is 5.56 Å². The number of aryl methyl sites for hydroxylation is 1. The molecule has 0 saturated carbocycles. The normalized spacial score (nSPS) is 10.4. The highest BCUT2D eigenvalue weighted by atomic mass is 35.5. The Hall–Kier alpha value is -2.08. The van der Waals surface area contributed by atoms with Gasteiger partial charge in [-0.3, -0.25) is 4.68 Å². The molecular weight excluding hydrogens is 268 g/mol. The van der Waals surface area contributed by atoms with Crippen LogP contribution in [0.3, 0.4) is 0 Å². The monoisotopic (exact) mass is 280 g/mol. The number of nitrogens with zero attached hydrogens (tertiary/aromatic N) is 3. The van der Waals surface area contributed by atoms with Crippen molar-refractivity contribution < 1.29 is 9.90 Å². The summed E-state index contributed by atoms with van der Waals surface area (Å²) < 4.78 is 1.79. The lowest BCUT2D eigenvalue weighted by molar-refractivity contribution is 0.0697. The minimum absolute atomic E-state index is 0.0362. The second-order valence-corrected chi connectivity index (χ2v) is 4.41. The summed E-state index contributed by atoms with van der Waals surface area (Å²) in [7, 11) is 0. The van der Waals surface area contributed by atoms with Gasteiger partial charge in [0.1, 0.15) is 5.82 Å². The second-order valence-electron chi connectivity index (χ2n) is 4.03. The zero-order chi connectivity index (χ0) is 13.8. The Morgan fingerprint density at radius 3 is 3.00 bits per heavy atom. The summed E-state index contributed by atoms with van der Waals surface area (Å²) in [5.41, 5.74) is 1.12. The van der Waals surface area contributed by atoms with Gasteiger partial charge < -0.3 is 10.4 Å². The molecule has 0 spiro atoms. The van der Waals surface area contributed by atoms with Gasteiger partial charge in [0.05, 0.1) is 23.3 Å². The van der Waals surface area contributed by atoms with E-state index in [9.17, 15) is 4.79 Å². The van der Waals surface area contributed by atoms with E-state index >= 15 is 0 Å². The van der Waals surface area contributed by atoms with Crippen molar-refractivity contribution in [2.45, 2.75) is 13.5 Å². The molecule has 0 saturated heterocycles. The van der Waals surface area contributed by atoms with Gasteiger partial charge in [0, 0.05) is 18.9 Å². The molecule has 2 aromatic heterocycles. The number of anilines is 1. The molecule has 0 amide bonds. The lowest BCUT2D eigenvalue weighted by atomic mass is 10.2. The number of carboxylic acids is 1. The Labute approximate surface area is 115 Å². The van der Waals surface area contributed by atoms with Gasteiger partial charge in [0.2, 0.25) is 0 Å². The highest BCUT2D eigenvalue weighted by Gasteiger charge is 2.12. The Bertz CT molecular complexity index is 597. The third kappa shape index (κ3) is 3.23. The van der Waals surface area contributed by atoms with Crippen molar-refractivity contribution in [3.63, 3.8) is 0 Å². The first-order valence-corrected chi connectivity index (χ1v) is 6.06. The lowest BCUT2D eigenvalue weighted by Gasteiger charge is -2.08. The molecule has 2 heterocycles. The first-order chi connectivity index (χ1) is 9.08. The lowest BCUT2D eigenvalue weighted by Crippen LogP contribution is -2.12. The zero-order valence-electron chi connectivity index (χ0n) is 10.3. The third-order valence-corrected chi connectivity index (χ3v) is 2.90. The molecule has 100 valence electrons. The molecule has 0 bridgehead atoms. The van der Waals surface area contributed by atoms with Crippen LogP contribution >= 0.6 is 11.6 Å². The fraction of sp³-hybridized carbons (Fsp3) is 0.250. The van der Waals surface area contributed by atoms with E-state index < -0.39 is 5.97 Å². The zero-order valence-corrected chi connectivity index (χ0v) is 11.1. The van der Waals surface area contributed by atoms with Crippen LogP contribution in [0.25, 0.3) is 0 Å². The fourth-order valence-electron chi connectivity index (χ4n) is 1.61. The number of carbonyl (C=O) groups is 1. The van der Waals surface area contributed by atoms with Crippen LogP contribution in [-0.4, -0.2) is 32.4 Å². The molecule has 0 aliphatic rings. The minimum Gasteiger partial charge on any atom is -0.478 e. The maximum atomic E-state index is 10.9. The molecule has 0 fully saturated rings. The van der Waals surface area contributed by atoms with Crippen molar-refractivity contribution >= 4 is 23.4 Å². The molecule has 0 aliphatic heterocycles. The van der Waals surface area contributed by atoms with Crippen LogP contribution in [0, 0.1) is 6.92 Å². The van der Waals surface area contributed by atoms with Crippen LogP contribution in [0.5, 0.6) is 0 Å². The molecule has 0 aromatic carbocycles. The van der Waals surface area contributed by atoms with Crippen molar-refractivity contribution in [3.8, 4) is 0 Å². The molecule has 0 aliphatic carbocycles. The van der Waals surface area contributed by atoms with Crippen molar-refractivity contribution in [2.75, 3.05) is 11.9 Å². The van der Waals surface area contributed by atoms with Gasteiger partial charge in [-0.15, -0.1) is 0 Å². The molecule has 0 atom stereocenters. The molecule has 7 heteroatoms. The molecule has 2 aromatic rings. The third-order valence-electron chi connectivity index (χ3n) is 2.52. The molecular formula is C12H13ClN4O2. The Morgan fingerprint density at radius 2 is 2.37 bits per heavy atom. The van der Waals surface area contributed by atoms with Crippen molar-refractivity contribution in [1.29, 1.82) is 0 Å². The van der Waals surface area contributed by atoms with Gasteiger partial charge in [-0.1, -0.05) is 11.6 Å². The topological polar surface area (TPSA) is 80.0 Å². The SMILES string of the molecule is Cc1cnn(CCNc2nccc(C(=O)O)c2Cl)c1. The standard InChI is InChI=1S/C12H13ClN4O2/c1-8-6-16-17(7-8)5-4-15-11-10(13)9(12(18)19)2-3-14-11/h2-3,6-7H,4-5H2,1H3,(H,14,15)(H,18,19). The molecule has 0 unspecified atom stereocenters. The van der Waals surface area contributed by atoms with Crippen molar-refractivity contribution in [2.24, 2.45) is 0 Å². The number of hydrogen-bond acceptors (Lipinski definition) is 4. The minimum atomic E-state index is -1.07. The first-order valence-electron chi connectivity index (χ1n) is 5.68. The predicted octanol–water partition coefficient (Wildman–Crippen LogP) is 2.05. The summed E-state index contributed by atoms with van der Waals surface area (Å²) >= 11 is 5.96. The van der Waals surface area contributed by atoms with Crippen LogP contribution < -0.4 is 5.32 Å². The van der Waals surface area contributed by atoms with Gasteiger partial charge in [-0.2, -0.15) is 5.10 Å². The van der Waals surface area contributed by atoms with E-state index in [1.165, 1.54) is 12.3 Å². The van der Waals surface area contributed by atoms with E-state index in [4.69, 9.17) is 16.7 Å². The van der Waals surface area contributed by atoms with Gasteiger partial charge in [0.25, 0.3) is 0 Å².